The number of nitrogens with zero attached hydrogens (tertiary/aromatic N) is 3. The molecule has 4 heterocycles. The summed E-state index contributed by atoms with van der Waals surface area (Å²) in [6.07, 6.45) is 6.28. The fourth-order valence-corrected chi connectivity index (χ4v) is 4.55. The van der Waals surface area contributed by atoms with Gasteiger partial charge in [-0.05, 0) is 61.8 Å². The molecule has 6 rings (SSSR count). The maximum atomic E-state index is 6.00. The minimum absolute atomic E-state index is 0.691. The van der Waals surface area contributed by atoms with Gasteiger partial charge in [0.1, 0.15) is 18.1 Å². The van der Waals surface area contributed by atoms with Crippen LogP contribution in [-0.4, -0.2) is 51.3 Å². The van der Waals surface area contributed by atoms with E-state index in [0.717, 1.165) is 51.2 Å². The van der Waals surface area contributed by atoms with Crippen LogP contribution in [0, 0.1) is 0 Å². The largest absolute Gasteiger partial charge is 0.491 e. The molecule has 0 unspecified atom stereocenters. The summed E-state index contributed by atoms with van der Waals surface area (Å²) in [6.45, 7) is 4.03. The molecule has 0 bridgehead atoms. The third-order valence-corrected chi connectivity index (χ3v) is 6.27. The minimum atomic E-state index is 0.691. The molecule has 1 saturated heterocycles. The van der Waals surface area contributed by atoms with Gasteiger partial charge in [0.15, 0.2) is 0 Å². The zero-order valence-electron chi connectivity index (χ0n) is 17.8. The second-order valence-electron chi connectivity index (χ2n) is 8.41. The lowest BCUT2D eigenvalue weighted by molar-refractivity contribution is 0.237. The number of para-hydroxylation sites is 1. The molecule has 3 aromatic heterocycles. The maximum absolute atomic E-state index is 6.00. The lowest BCUT2D eigenvalue weighted by Gasteiger charge is -2.15. The highest BCUT2D eigenvalue weighted by molar-refractivity contribution is 5.97. The second-order valence-corrected chi connectivity index (χ2v) is 8.41. The van der Waals surface area contributed by atoms with Crippen LogP contribution >= 0.6 is 0 Å². The number of aromatic amines is 2. The molecular formula is C26H25N5O. The van der Waals surface area contributed by atoms with Gasteiger partial charge in [-0.25, -0.2) is 0 Å². The number of fused-ring (bicyclic) bond motifs is 2. The Morgan fingerprint density at radius 3 is 2.72 bits per heavy atom. The third kappa shape index (κ3) is 3.63. The highest BCUT2D eigenvalue weighted by Gasteiger charge is 2.13. The number of rotatable bonds is 6. The molecule has 0 aliphatic carbocycles. The summed E-state index contributed by atoms with van der Waals surface area (Å²) >= 11 is 0. The number of hydrogen-bond donors (Lipinski definition) is 2. The van der Waals surface area contributed by atoms with Gasteiger partial charge in [0, 0.05) is 34.6 Å². The Morgan fingerprint density at radius 1 is 0.906 bits per heavy atom. The average Bonchev–Trinajstić information content (AvgIpc) is 3.58. The molecule has 0 radical (unpaired) electrons. The fourth-order valence-electron chi connectivity index (χ4n) is 4.55. The van der Waals surface area contributed by atoms with Crippen molar-refractivity contribution in [2.45, 2.75) is 12.8 Å². The van der Waals surface area contributed by atoms with E-state index in [9.17, 15) is 0 Å². The van der Waals surface area contributed by atoms with Crippen molar-refractivity contribution in [2.75, 3.05) is 26.2 Å². The van der Waals surface area contributed by atoms with Crippen molar-refractivity contribution in [1.29, 1.82) is 0 Å². The van der Waals surface area contributed by atoms with Gasteiger partial charge in [-0.1, -0.05) is 24.3 Å². The molecule has 5 aromatic rings. The van der Waals surface area contributed by atoms with Gasteiger partial charge in [0.05, 0.1) is 17.4 Å². The standard InChI is InChI=1S/C26H25N5O/c1-2-6-23-19(5-1)15-25(28-23)26-22-14-18(7-8-24(22)29-30-26)20-13-21(17-27-16-20)32-12-11-31-9-3-4-10-31/h1-2,5-8,13-17,28H,3-4,9-12H2,(H,29,30). The molecular weight excluding hydrogens is 398 g/mol. The lowest BCUT2D eigenvalue weighted by atomic mass is 10.0. The quantitative estimate of drug-likeness (QED) is 0.391. The van der Waals surface area contributed by atoms with Crippen molar-refractivity contribution >= 4 is 21.8 Å². The Morgan fingerprint density at radius 2 is 1.81 bits per heavy atom. The summed E-state index contributed by atoms with van der Waals surface area (Å²) in [4.78, 5) is 10.4. The number of aromatic nitrogens is 4. The van der Waals surface area contributed by atoms with Crippen LogP contribution in [-0.2, 0) is 0 Å². The maximum Gasteiger partial charge on any atom is 0.138 e. The SMILES string of the molecule is c1ccc2[nH]c(-c3n[nH]c4ccc(-c5cncc(OCCN6CCCC6)c5)cc34)cc2c1. The molecule has 160 valence electrons. The van der Waals surface area contributed by atoms with Crippen LogP contribution < -0.4 is 4.74 Å². The number of H-pyrrole nitrogens is 2. The summed E-state index contributed by atoms with van der Waals surface area (Å²) in [5.74, 6) is 0.810. The van der Waals surface area contributed by atoms with Gasteiger partial charge in [0.25, 0.3) is 0 Å². The molecule has 1 aliphatic heterocycles. The van der Waals surface area contributed by atoms with Crippen LogP contribution in [0.25, 0.3) is 44.3 Å². The third-order valence-electron chi connectivity index (χ3n) is 6.27. The minimum Gasteiger partial charge on any atom is -0.491 e. The summed E-state index contributed by atoms with van der Waals surface area (Å²) < 4.78 is 6.00. The van der Waals surface area contributed by atoms with Crippen molar-refractivity contribution in [1.82, 2.24) is 25.1 Å². The molecule has 0 atom stereocenters. The average molecular weight is 424 g/mol. The van der Waals surface area contributed by atoms with Crippen LogP contribution in [0.1, 0.15) is 12.8 Å². The van der Waals surface area contributed by atoms with E-state index in [1.54, 1.807) is 6.20 Å². The second kappa shape index (κ2) is 8.13. The van der Waals surface area contributed by atoms with Crippen LogP contribution in [0.3, 0.4) is 0 Å². The van der Waals surface area contributed by atoms with E-state index in [2.05, 4.69) is 67.5 Å². The zero-order chi connectivity index (χ0) is 21.3. The molecule has 2 aromatic carbocycles. The Labute approximate surface area is 186 Å². The van der Waals surface area contributed by atoms with E-state index in [0.29, 0.717) is 6.61 Å². The highest BCUT2D eigenvalue weighted by atomic mass is 16.5. The molecule has 1 aliphatic rings. The van der Waals surface area contributed by atoms with Gasteiger partial charge in [-0.3, -0.25) is 15.0 Å². The molecule has 6 heteroatoms. The van der Waals surface area contributed by atoms with Crippen LogP contribution in [0.5, 0.6) is 5.75 Å². The van der Waals surface area contributed by atoms with Gasteiger partial charge in [-0.2, -0.15) is 5.10 Å². The van der Waals surface area contributed by atoms with E-state index >= 15 is 0 Å². The van der Waals surface area contributed by atoms with Crippen LogP contribution in [0.2, 0.25) is 0 Å². The molecule has 1 fully saturated rings. The molecule has 0 spiro atoms. The lowest BCUT2D eigenvalue weighted by Crippen LogP contribution is -2.25. The fraction of sp³-hybridized carbons (Fsp3) is 0.231. The summed E-state index contributed by atoms with van der Waals surface area (Å²) in [6, 6.07) is 18.8. The molecule has 6 nitrogen and oxygen atoms in total. The zero-order valence-corrected chi connectivity index (χ0v) is 17.8. The Kier molecular flexibility index (Phi) is 4.85. The number of likely N-dealkylation sites (tertiary alicyclic amines) is 1. The number of ether oxygens (including phenoxy) is 1. The smallest absolute Gasteiger partial charge is 0.138 e. The number of benzene rings is 2. The van der Waals surface area contributed by atoms with Crippen molar-refractivity contribution in [3.05, 3.63) is 67.0 Å². The Bertz CT molecular complexity index is 1350. The Hall–Kier alpha value is -3.64. The number of nitrogens with one attached hydrogen (secondary N) is 2. The topological polar surface area (TPSA) is 69.8 Å². The van der Waals surface area contributed by atoms with Gasteiger partial charge in [-0.15, -0.1) is 0 Å². The van der Waals surface area contributed by atoms with Crippen molar-refractivity contribution < 1.29 is 4.74 Å². The number of pyridine rings is 1. The monoisotopic (exact) mass is 423 g/mol. The van der Waals surface area contributed by atoms with Crippen molar-refractivity contribution in [3.63, 3.8) is 0 Å². The van der Waals surface area contributed by atoms with E-state index < -0.39 is 0 Å². The predicted molar refractivity (Wildman–Crippen MR) is 128 cm³/mol. The van der Waals surface area contributed by atoms with E-state index in [1.165, 1.54) is 31.3 Å². The first-order valence-corrected chi connectivity index (χ1v) is 11.2. The van der Waals surface area contributed by atoms with Gasteiger partial charge < -0.3 is 9.72 Å². The van der Waals surface area contributed by atoms with Gasteiger partial charge in [0.2, 0.25) is 0 Å². The van der Waals surface area contributed by atoms with Crippen LogP contribution in [0.4, 0.5) is 0 Å². The molecule has 32 heavy (non-hydrogen) atoms. The summed E-state index contributed by atoms with van der Waals surface area (Å²) in [7, 11) is 0. The Balaban J connectivity index is 1.28. The van der Waals surface area contributed by atoms with E-state index in [1.807, 2.05) is 18.3 Å². The first-order valence-electron chi connectivity index (χ1n) is 11.2. The van der Waals surface area contributed by atoms with Gasteiger partial charge >= 0.3 is 0 Å². The highest BCUT2D eigenvalue weighted by Crippen LogP contribution is 2.32. The summed E-state index contributed by atoms with van der Waals surface area (Å²) in [5.41, 5.74) is 6.17. The van der Waals surface area contributed by atoms with E-state index in [4.69, 9.17) is 4.74 Å². The van der Waals surface area contributed by atoms with Crippen molar-refractivity contribution in [2.24, 2.45) is 0 Å². The van der Waals surface area contributed by atoms with Crippen LogP contribution in [0.15, 0.2) is 67.0 Å². The normalized spacial score (nSPS) is 14.5. The number of hydrogen-bond acceptors (Lipinski definition) is 4. The molecule has 2 N–H and O–H groups in total. The van der Waals surface area contributed by atoms with E-state index in [-0.39, 0.29) is 0 Å². The first kappa shape index (κ1) is 19.1. The first-order chi connectivity index (χ1) is 15.8. The van der Waals surface area contributed by atoms with Crippen molar-refractivity contribution in [3.8, 4) is 28.3 Å². The molecule has 0 amide bonds. The predicted octanol–water partition coefficient (Wildman–Crippen LogP) is 5.25. The molecule has 0 saturated carbocycles. The summed E-state index contributed by atoms with van der Waals surface area (Å²) in [5, 5.41) is 10.0.